The van der Waals surface area contributed by atoms with Gasteiger partial charge in [-0.15, -0.1) is 0 Å². The van der Waals surface area contributed by atoms with Crippen LogP contribution < -0.4 is 5.43 Å². The van der Waals surface area contributed by atoms with E-state index in [4.69, 9.17) is 16.9 Å². The third-order valence-electron chi connectivity index (χ3n) is 2.54. The number of halogens is 1. The molecule has 19 heavy (non-hydrogen) atoms. The summed E-state index contributed by atoms with van der Waals surface area (Å²) in [6.45, 7) is 0.643. The number of nitrogens with one attached hydrogen (secondary N) is 1. The van der Waals surface area contributed by atoms with Crippen LogP contribution in [0.25, 0.3) is 0 Å². The molecule has 0 aliphatic rings. The van der Waals surface area contributed by atoms with Crippen molar-refractivity contribution in [3.8, 4) is 6.07 Å². The van der Waals surface area contributed by atoms with Crippen molar-refractivity contribution in [1.29, 1.82) is 5.26 Å². The van der Waals surface area contributed by atoms with Gasteiger partial charge in [-0.25, -0.2) is 0 Å². The number of hydrogen-bond acceptors (Lipinski definition) is 3. The van der Waals surface area contributed by atoms with Crippen LogP contribution in [0.3, 0.4) is 0 Å². The molecule has 2 aromatic carbocycles. The van der Waals surface area contributed by atoms with E-state index in [0.717, 1.165) is 16.1 Å². The summed E-state index contributed by atoms with van der Waals surface area (Å²) in [6.07, 6.45) is 1.72. The fourth-order valence-electron chi connectivity index (χ4n) is 1.50. The van der Waals surface area contributed by atoms with E-state index in [1.165, 1.54) is 0 Å². The second-order valence-electron chi connectivity index (χ2n) is 3.95. The minimum absolute atomic E-state index is 0.643. The fourth-order valence-corrected chi connectivity index (χ4v) is 1.63. The standard InChI is InChI=1S/C15H12ClN3/c16-15-7-5-14(6-8-15)11-19-18-10-13-3-1-12(9-17)2-4-13/h1-8,10,19H,11H2/b18-10-. The van der Waals surface area contributed by atoms with Gasteiger partial charge in [0, 0.05) is 5.02 Å². The molecule has 2 aromatic rings. The van der Waals surface area contributed by atoms with Gasteiger partial charge in [-0.1, -0.05) is 35.9 Å². The van der Waals surface area contributed by atoms with Gasteiger partial charge in [0.05, 0.1) is 24.4 Å². The average Bonchev–Trinajstić information content (AvgIpc) is 2.46. The van der Waals surface area contributed by atoms with Gasteiger partial charge in [0.2, 0.25) is 0 Å². The molecule has 0 aliphatic heterocycles. The molecule has 0 bridgehead atoms. The second kappa shape index (κ2) is 6.58. The molecule has 2 rings (SSSR count). The van der Waals surface area contributed by atoms with Crippen LogP contribution in [-0.2, 0) is 6.54 Å². The van der Waals surface area contributed by atoms with Gasteiger partial charge in [-0.3, -0.25) is 0 Å². The molecule has 0 amide bonds. The van der Waals surface area contributed by atoms with E-state index in [-0.39, 0.29) is 0 Å². The normalized spacial score (nSPS) is 10.3. The first-order valence-electron chi connectivity index (χ1n) is 5.78. The van der Waals surface area contributed by atoms with E-state index in [0.29, 0.717) is 12.1 Å². The molecule has 0 aliphatic carbocycles. The van der Waals surface area contributed by atoms with E-state index in [1.54, 1.807) is 18.3 Å². The Morgan fingerprint density at radius 1 is 1.11 bits per heavy atom. The first-order valence-corrected chi connectivity index (χ1v) is 6.16. The highest BCUT2D eigenvalue weighted by Crippen LogP contribution is 2.09. The van der Waals surface area contributed by atoms with Crippen molar-refractivity contribution >= 4 is 17.8 Å². The molecule has 0 heterocycles. The number of hydrogen-bond donors (Lipinski definition) is 1. The topological polar surface area (TPSA) is 48.2 Å². The Morgan fingerprint density at radius 2 is 1.79 bits per heavy atom. The third-order valence-corrected chi connectivity index (χ3v) is 2.79. The minimum atomic E-state index is 0.643. The summed E-state index contributed by atoms with van der Waals surface area (Å²) in [5, 5.41) is 13.5. The van der Waals surface area contributed by atoms with Crippen LogP contribution in [0.1, 0.15) is 16.7 Å². The summed E-state index contributed by atoms with van der Waals surface area (Å²) in [7, 11) is 0. The maximum absolute atomic E-state index is 8.68. The molecule has 0 aromatic heterocycles. The van der Waals surface area contributed by atoms with Gasteiger partial charge in [0.15, 0.2) is 0 Å². The second-order valence-corrected chi connectivity index (χ2v) is 4.39. The minimum Gasteiger partial charge on any atom is -0.306 e. The van der Waals surface area contributed by atoms with E-state index in [9.17, 15) is 0 Å². The van der Waals surface area contributed by atoms with Gasteiger partial charge < -0.3 is 5.43 Å². The smallest absolute Gasteiger partial charge is 0.0991 e. The molecule has 1 N–H and O–H groups in total. The van der Waals surface area contributed by atoms with Crippen LogP contribution in [0.4, 0.5) is 0 Å². The highest BCUT2D eigenvalue weighted by Gasteiger charge is 1.92. The van der Waals surface area contributed by atoms with E-state index < -0.39 is 0 Å². The van der Waals surface area contributed by atoms with Crippen molar-refractivity contribution in [2.45, 2.75) is 6.54 Å². The van der Waals surface area contributed by atoms with E-state index in [1.807, 2.05) is 36.4 Å². The summed E-state index contributed by atoms with van der Waals surface area (Å²) in [6, 6.07) is 16.9. The lowest BCUT2D eigenvalue weighted by molar-refractivity contribution is 0.748. The Hall–Kier alpha value is -2.31. The summed E-state index contributed by atoms with van der Waals surface area (Å²) < 4.78 is 0. The lowest BCUT2D eigenvalue weighted by Crippen LogP contribution is -2.05. The van der Waals surface area contributed by atoms with E-state index >= 15 is 0 Å². The SMILES string of the molecule is N#Cc1ccc(/C=N\NCc2ccc(Cl)cc2)cc1. The van der Waals surface area contributed by atoms with Gasteiger partial charge in [0.25, 0.3) is 0 Å². The van der Waals surface area contributed by atoms with Crippen LogP contribution in [0.5, 0.6) is 0 Å². The van der Waals surface area contributed by atoms with Crippen molar-refractivity contribution in [3.63, 3.8) is 0 Å². The molecule has 94 valence electrons. The monoisotopic (exact) mass is 269 g/mol. The Morgan fingerprint density at radius 3 is 2.42 bits per heavy atom. The zero-order valence-electron chi connectivity index (χ0n) is 10.2. The van der Waals surface area contributed by atoms with Crippen molar-refractivity contribution in [2.24, 2.45) is 5.10 Å². The summed E-state index contributed by atoms with van der Waals surface area (Å²) in [4.78, 5) is 0. The first kappa shape index (κ1) is 13.1. The number of hydrazone groups is 1. The largest absolute Gasteiger partial charge is 0.306 e. The zero-order valence-corrected chi connectivity index (χ0v) is 10.9. The molecule has 0 atom stereocenters. The first-order chi connectivity index (χ1) is 9.28. The Bertz CT molecular complexity index is 595. The highest BCUT2D eigenvalue weighted by molar-refractivity contribution is 6.30. The van der Waals surface area contributed by atoms with Crippen LogP contribution in [0.2, 0.25) is 5.02 Å². The van der Waals surface area contributed by atoms with Crippen LogP contribution in [0, 0.1) is 11.3 Å². The predicted molar refractivity (Wildman–Crippen MR) is 77.0 cm³/mol. The molecule has 0 fully saturated rings. The van der Waals surface area contributed by atoms with Crippen molar-refractivity contribution in [3.05, 3.63) is 70.2 Å². The number of nitriles is 1. The zero-order chi connectivity index (χ0) is 13.5. The van der Waals surface area contributed by atoms with Crippen molar-refractivity contribution in [1.82, 2.24) is 5.43 Å². The highest BCUT2D eigenvalue weighted by atomic mass is 35.5. The Balaban J connectivity index is 1.86. The molecule has 0 saturated heterocycles. The molecule has 0 unspecified atom stereocenters. The van der Waals surface area contributed by atoms with Gasteiger partial charge in [-0.05, 0) is 35.4 Å². The Kier molecular flexibility index (Phi) is 4.54. The Labute approximate surface area is 117 Å². The summed E-state index contributed by atoms with van der Waals surface area (Å²) >= 11 is 5.80. The summed E-state index contributed by atoms with van der Waals surface area (Å²) in [5.41, 5.74) is 5.66. The van der Waals surface area contributed by atoms with Gasteiger partial charge >= 0.3 is 0 Å². The molecule has 0 saturated carbocycles. The predicted octanol–water partition coefficient (Wildman–Crippen LogP) is 3.34. The van der Waals surface area contributed by atoms with E-state index in [2.05, 4.69) is 16.6 Å². The maximum atomic E-state index is 8.68. The third kappa shape index (κ3) is 4.13. The maximum Gasteiger partial charge on any atom is 0.0991 e. The number of benzene rings is 2. The van der Waals surface area contributed by atoms with Crippen molar-refractivity contribution < 1.29 is 0 Å². The molecular weight excluding hydrogens is 258 g/mol. The fraction of sp³-hybridized carbons (Fsp3) is 0.0667. The van der Waals surface area contributed by atoms with Crippen LogP contribution in [0.15, 0.2) is 53.6 Å². The number of rotatable bonds is 4. The number of nitrogens with zero attached hydrogens (tertiary/aromatic N) is 2. The molecule has 0 spiro atoms. The lowest BCUT2D eigenvalue weighted by Gasteiger charge is -2.00. The van der Waals surface area contributed by atoms with Gasteiger partial charge in [0.1, 0.15) is 0 Å². The average molecular weight is 270 g/mol. The lowest BCUT2D eigenvalue weighted by atomic mass is 10.2. The molecular formula is C15H12ClN3. The summed E-state index contributed by atoms with van der Waals surface area (Å²) in [5.74, 6) is 0. The quantitative estimate of drug-likeness (QED) is 0.684. The van der Waals surface area contributed by atoms with Gasteiger partial charge in [-0.2, -0.15) is 10.4 Å². The molecule has 4 heteroatoms. The molecule has 3 nitrogen and oxygen atoms in total. The molecule has 0 radical (unpaired) electrons. The van der Waals surface area contributed by atoms with Crippen LogP contribution >= 0.6 is 11.6 Å². The van der Waals surface area contributed by atoms with Crippen molar-refractivity contribution in [2.75, 3.05) is 0 Å². The van der Waals surface area contributed by atoms with Crippen LogP contribution in [-0.4, -0.2) is 6.21 Å².